The molecule has 11 aromatic carbocycles. The molecule has 57 heavy (non-hydrogen) atoms. The maximum absolute atomic E-state index is 2.40. The molecule has 0 aliphatic rings. The zero-order valence-corrected chi connectivity index (χ0v) is 31.3. The van der Waals surface area contributed by atoms with Gasteiger partial charge in [-0.2, -0.15) is 0 Å². The molecule has 266 valence electrons. The van der Waals surface area contributed by atoms with Crippen LogP contribution in [0.2, 0.25) is 0 Å². The van der Waals surface area contributed by atoms with Crippen molar-refractivity contribution in [3.63, 3.8) is 0 Å². The highest BCUT2D eigenvalue weighted by molar-refractivity contribution is 6.22. The van der Waals surface area contributed by atoms with Crippen molar-refractivity contribution < 1.29 is 0 Å². The summed E-state index contributed by atoms with van der Waals surface area (Å²) in [6.45, 7) is 0. The number of hydrogen-bond donors (Lipinski definition) is 0. The fraction of sp³-hybridized carbons (Fsp3) is 0. The predicted octanol–water partition coefficient (Wildman–Crippen LogP) is 15.9. The van der Waals surface area contributed by atoms with E-state index in [0.717, 1.165) is 17.1 Å². The van der Waals surface area contributed by atoms with E-state index in [1.54, 1.807) is 0 Å². The Morgan fingerprint density at radius 3 is 1.46 bits per heavy atom. The Bertz CT molecular complexity index is 3290. The summed E-state index contributed by atoms with van der Waals surface area (Å²) in [7, 11) is 0. The van der Waals surface area contributed by atoms with Crippen LogP contribution in [0.15, 0.2) is 224 Å². The van der Waals surface area contributed by atoms with Gasteiger partial charge in [-0.3, -0.25) is 0 Å². The molecule has 0 fully saturated rings. The van der Waals surface area contributed by atoms with E-state index in [2.05, 4.69) is 229 Å². The minimum absolute atomic E-state index is 1.11. The summed E-state index contributed by atoms with van der Waals surface area (Å²) < 4.78 is 0. The first-order valence-electron chi connectivity index (χ1n) is 19.7. The molecular formula is C56H37N. The molecule has 1 nitrogen and oxygen atoms in total. The number of anilines is 3. The Balaban J connectivity index is 1.01. The van der Waals surface area contributed by atoms with Crippen LogP contribution < -0.4 is 4.90 Å². The second kappa shape index (κ2) is 13.7. The lowest BCUT2D eigenvalue weighted by atomic mass is 9.91. The van der Waals surface area contributed by atoms with E-state index >= 15 is 0 Å². The SMILES string of the molecule is c1ccc(-c2cccc(N(c3cccc(-c4ccc(-c5cccc6c5ccc5ccc7ccccc7c56)cc4)c3)c3ccc4ccc5ccccc5c4c3)c2)cc1. The van der Waals surface area contributed by atoms with E-state index in [1.165, 1.54) is 87.2 Å². The molecule has 0 amide bonds. The van der Waals surface area contributed by atoms with Crippen LogP contribution in [0.1, 0.15) is 0 Å². The van der Waals surface area contributed by atoms with Crippen LogP contribution in [0.4, 0.5) is 17.1 Å². The third-order valence-corrected chi connectivity index (χ3v) is 11.6. The third-order valence-electron chi connectivity index (χ3n) is 11.6. The van der Waals surface area contributed by atoms with Gasteiger partial charge in [-0.25, -0.2) is 0 Å². The second-order valence-corrected chi connectivity index (χ2v) is 14.9. The van der Waals surface area contributed by atoms with Crippen molar-refractivity contribution in [3.8, 4) is 33.4 Å². The first-order chi connectivity index (χ1) is 28.2. The zero-order chi connectivity index (χ0) is 37.7. The van der Waals surface area contributed by atoms with Gasteiger partial charge in [0.2, 0.25) is 0 Å². The van der Waals surface area contributed by atoms with E-state index in [4.69, 9.17) is 0 Å². The van der Waals surface area contributed by atoms with Gasteiger partial charge < -0.3 is 4.90 Å². The minimum atomic E-state index is 1.11. The van der Waals surface area contributed by atoms with Crippen LogP contribution in [0.3, 0.4) is 0 Å². The lowest BCUT2D eigenvalue weighted by Gasteiger charge is -2.27. The Hall–Kier alpha value is -7.48. The second-order valence-electron chi connectivity index (χ2n) is 14.9. The van der Waals surface area contributed by atoms with E-state index in [1.807, 2.05) is 0 Å². The fourth-order valence-electron chi connectivity index (χ4n) is 8.81. The summed E-state index contributed by atoms with van der Waals surface area (Å²) in [4.78, 5) is 2.40. The lowest BCUT2D eigenvalue weighted by molar-refractivity contribution is 1.29. The van der Waals surface area contributed by atoms with Crippen molar-refractivity contribution in [1.82, 2.24) is 0 Å². The van der Waals surface area contributed by atoms with E-state index in [0.29, 0.717) is 0 Å². The average Bonchev–Trinajstić information content (AvgIpc) is 3.29. The van der Waals surface area contributed by atoms with Gasteiger partial charge in [-0.1, -0.05) is 188 Å². The smallest absolute Gasteiger partial charge is 0.0468 e. The highest BCUT2D eigenvalue weighted by atomic mass is 15.1. The Labute approximate surface area is 332 Å². The molecule has 11 aromatic rings. The van der Waals surface area contributed by atoms with Gasteiger partial charge in [0.05, 0.1) is 0 Å². The number of nitrogens with zero attached hydrogens (tertiary/aromatic N) is 1. The van der Waals surface area contributed by atoms with E-state index in [9.17, 15) is 0 Å². The molecule has 11 rings (SSSR count). The number of hydrogen-bond acceptors (Lipinski definition) is 1. The average molecular weight is 724 g/mol. The third kappa shape index (κ3) is 5.80. The quantitative estimate of drug-likeness (QED) is 0.154. The van der Waals surface area contributed by atoms with Crippen LogP contribution in [-0.4, -0.2) is 0 Å². The molecular weight excluding hydrogens is 687 g/mol. The van der Waals surface area contributed by atoms with Gasteiger partial charge in [-0.05, 0) is 124 Å². The molecule has 0 saturated carbocycles. The van der Waals surface area contributed by atoms with E-state index < -0.39 is 0 Å². The van der Waals surface area contributed by atoms with Crippen LogP contribution in [0, 0.1) is 0 Å². The highest BCUT2D eigenvalue weighted by Crippen LogP contribution is 2.41. The molecule has 0 aromatic heterocycles. The van der Waals surface area contributed by atoms with Crippen molar-refractivity contribution in [2.75, 3.05) is 4.90 Å². The van der Waals surface area contributed by atoms with E-state index in [-0.39, 0.29) is 0 Å². The molecule has 0 spiro atoms. The zero-order valence-electron chi connectivity index (χ0n) is 31.3. The number of fused-ring (bicyclic) bond motifs is 8. The summed E-state index contributed by atoms with van der Waals surface area (Å²) in [6.07, 6.45) is 0. The van der Waals surface area contributed by atoms with Crippen molar-refractivity contribution >= 4 is 70.9 Å². The van der Waals surface area contributed by atoms with Crippen LogP contribution >= 0.6 is 0 Å². The number of rotatable bonds is 6. The first-order valence-corrected chi connectivity index (χ1v) is 19.7. The van der Waals surface area contributed by atoms with Crippen molar-refractivity contribution in [2.24, 2.45) is 0 Å². The molecule has 0 atom stereocenters. The largest absolute Gasteiger partial charge is 0.310 e. The summed E-state index contributed by atoms with van der Waals surface area (Å²) in [5.74, 6) is 0. The van der Waals surface area contributed by atoms with Crippen molar-refractivity contribution in [1.29, 1.82) is 0 Å². The first kappa shape index (κ1) is 32.9. The fourth-order valence-corrected chi connectivity index (χ4v) is 8.81. The van der Waals surface area contributed by atoms with Crippen LogP contribution in [0.5, 0.6) is 0 Å². The lowest BCUT2D eigenvalue weighted by Crippen LogP contribution is -2.10. The van der Waals surface area contributed by atoms with Crippen LogP contribution in [-0.2, 0) is 0 Å². The normalized spacial score (nSPS) is 11.5. The summed E-state index contributed by atoms with van der Waals surface area (Å²) in [5, 5.41) is 12.7. The Morgan fingerprint density at radius 2 is 0.719 bits per heavy atom. The molecule has 0 heterocycles. The molecule has 1 heteroatoms. The Kier molecular flexibility index (Phi) is 7.89. The van der Waals surface area contributed by atoms with Crippen LogP contribution in [0.25, 0.3) is 87.2 Å². The van der Waals surface area contributed by atoms with Crippen molar-refractivity contribution in [2.45, 2.75) is 0 Å². The van der Waals surface area contributed by atoms with Gasteiger partial charge in [0.15, 0.2) is 0 Å². The number of benzene rings is 11. The van der Waals surface area contributed by atoms with Gasteiger partial charge >= 0.3 is 0 Å². The molecule has 0 unspecified atom stereocenters. The molecule has 0 radical (unpaired) electrons. The molecule has 0 N–H and O–H groups in total. The van der Waals surface area contributed by atoms with Gasteiger partial charge in [0, 0.05) is 17.1 Å². The Morgan fingerprint density at radius 1 is 0.228 bits per heavy atom. The maximum Gasteiger partial charge on any atom is 0.0468 e. The van der Waals surface area contributed by atoms with Gasteiger partial charge in [0.25, 0.3) is 0 Å². The topological polar surface area (TPSA) is 3.24 Å². The monoisotopic (exact) mass is 723 g/mol. The summed E-state index contributed by atoms with van der Waals surface area (Å²) >= 11 is 0. The maximum atomic E-state index is 2.40. The predicted molar refractivity (Wildman–Crippen MR) is 245 cm³/mol. The standard InChI is InChI=1S/C56H37N/c1-2-11-38(12-3-1)45-15-8-17-47(35-45)57(49-33-31-43-28-27-40-13-4-6-19-51(40)55(43)37-49)48-18-9-16-46(36-48)39-23-25-42(26-24-39)50-21-10-22-54-53(50)34-32-44-30-29-41-14-5-7-20-52(41)56(44)54/h1-37H. The highest BCUT2D eigenvalue weighted by Gasteiger charge is 2.16. The van der Waals surface area contributed by atoms with Gasteiger partial charge in [0.1, 0.15) is 0 Å². The summed E-state index contributed by atoms with van der Waals surface area (Å²) in [6, 6.07) is 82.0. The van der Waals surface area contributed by atoms with Gasteiger partial charge in [-0.15, -0.1) is 0 Å². The molecule has 0 aliphatic heterocycles. The minimum Gasteiger partial charge on any atom is -0.310 e. The summed E-state index contributed by atoms with van der Waals surface area (Å²) in [5.41, 5.74) is 10.5. The van der Waals surface area contributed by atoms with Crippen molar-refractivity contribution in [3.05, 3.63) is 224 Å². The molecule has 0 bridgehead atoms. The molecule has 0 saturated heterocycles. The molecule has 0 aliphatic carbocycles.